The summed E-state index contributed by atoms with van der Waals surface area (Å²) in [7, 11) is 0. The second kappa shape index (κ2) is 8.97. The van der Waals surface area contributed by atoms with Crippen molar-refractivity contribution in [3.63, 3.8) is 0 Å². The molecule has 5 heteroatoms. The number of thioether (sulfide) groups is 1. The number of hydrogen-bond donors (Lipinski definition) is 0. The van der Waals surface area contributed by atoms with Crippen LogP contribution in [0.1, 0.15) is 19.4 Å². The van der Waals surface area contributed by atoms with Crippen molar-refractivity contribution in [3.8, 4) is 34.2 Å². The van der Waals surface area contributed by atoms with Crippen LogP contribution in [0.4, 0.5) is 0 Å². The number of rotatable bonds is 6. The molecule has 0 spiro atoms. The van der Waals surface area contributed by atoms with Crippen LogP contribution in [0.3, 0.4) is 0 Å². The van der Waals surface area contributed by atoms with Gasteiger partial charge >= 0.3 is 0 Å². The number of aryl methyl sites for hydroxylation is 1. The maximum atomic E-state index is 4.91. The Hall–Kier alpha value is -3.05. The molecule has 4 heterocycles. The molecule has 0 saturated carbocycles. The summed E-state index contributed by atoms with van der Waals surface area (Å²) in [6, 6.07) is 20.2. The molecule has 0 aliphatic heterocycles. The zero-order valence-electron chi connectivity index (χ0n) is 16.5. The molecule has 144 valence electrons. The Balaban J connectivity index is 1.80. The van der Waals surface area contributed by atoms with Crippen LogP contribution in [-0.4, -0.2) is 25.7 Å². The van der Waals surface area contributed by atoms with Crippen LogP contribution in [0, 0.1) is 0 Å². The normalized spacial score (nSPS) is 10.8. The first-order valence-corrected chi connectivity index (χ1v) is 10.7. The second-order valence-electron chi connectivity index (χ2n) is 6.53. The Labute approximate surface area is 175 Å². The lowest BCUT2D eigenvalue weighted by atomic mass is 10.1. The van der Waals surface area contributed by atoms with E-state index in [2.05, 4.69) is 42.0 Å². The van der Waals surface area contributed by atoms with Crippen molar-refractivity contribution in [1.29, 1.82) is 0 Å². The fourth-order valence-corrected chi connectivity index (χ4v) is 3.81. The summed E-state index contributed by atoms with van der Waals surface area (Å²) >= 11 is 1.80. The van der Waals surface area contributed by atoms with Crippen molar-refractivity contribution >= 4 is 11.8 Å². The fraction of sp³-hybridized carbons (Fsp3) is 0.167. The minimum Gasteiger partial charge on any atom is -0.255 e. The smallest absolute Gasteiger partial charge is 0.0905 e. The highest BCUT2D eigenvalue weighted by molar-refractivity contribution is 7.99. The first-order valence-electron chi connectivity index (χ1n) is 9.76. The van der Waals surface area contributed by atoms with Gasteiger partial charge in [0.25, 0.3) is 0 Å². The van der Waals surface area contributed by atoms with Gasteiger partial charge in [-0.05, 0) is 66.3 Å². The Morgan fingerprint density at radius 1 is 0.655 bits per heavy atom. The average molecular weight is 399 g/mol. The van der Waals surface area contributed by atoms with E-state index >= 15 is 0 Å². The van der Waals surface area contributed by atoms with Crippen LogP contribution in [0.2, 0.25) is 0 Å². The van der Waals surface area contributed by atoms with Crippen molar-refractivity contribution in [1.82, 2.24) is 19.9 Å². The van der Waals surface area contributed by atoms with Crippen molar-refractivity contribution in [2.45, 2.75) is 25.2 Å². The third-order valence-electron chi connectivity index (χ3n) is 4.54. The first kappa shape index (κ1) is 19.3. The number of hydrogen-bond acceptors (Lipinski definition) is 5. The molecule has 0 N–H and O–H groups in total. The molecule has 0 bridgehead atoms. The van der Waals surface area contributed by atoms with Crippen molar-refractivity contribution in [2.75, 3.05) is 5.75 Å². The monoisotopic (exact) mass is 398 g/mol. The third-order valence-corrected chi connectivity index (χ3v) is 5.40. The first-order chi connectivity index (χ1) is 14.3. The molecular weight excluding hydrogens is 376 g/mol. The highest BCUT2D eigenvalue weighted by Crippen LogP contribution is 2.29. The van der Waals surface area contributed by atoms with Gasteiger partial charge in [0.15, 0.2) is 0 Å². The number of pyridine rings is 4. The van der Waals surface area contributed by atoms with E-state index in [1.807, 2.05) is 48.7 Å². The summed E-state index contributed by atoms with van der Waals surface area (Å²) in [5.41, 5.74) is 6.39. The van der Waals surface area contributed by atoms with E-state index in [0.717, 1.165) is 46.3 Å². The lowest BCUT2D eigenvalue weighted by Crippen LogP contribution is -1.96. The molecule has 0 aliphatic rings. The molecule has 4 nitrogen and oxygen atoms in total. The largest absolute Gasteiger partial charge is 0.255 e. The van der Waals surface area contributed by atoms with Crippen LogP contribution in [0.15, 0.2) is 78.0 Å². The minimum absolute atomic E-state index is 0.833. The van der Waals surface area contributed by atoms with Crippen LogP contribution in [0.25, 0.3) is 34.2 Å². The lowest BCUT2D eigenvalue weighted by molar-refractivity contribution is 1.11. The van der Waals surface area contributed by atoms with E-state index < -0.39 is 0 Å². The van der Waals surface area contributed by atoms with E-state index in [-0.39, 0.29) is 0 Å². The molecule has 0 aliphatic carbocycles. The van der Waals surface area contributed by atoms with E-state index in [1.165, 1.54) is 10.5 Å². The van der Waals surface area contributed by atoms with Gasteiger partial charge in [0, 0.05) is 17.3 Å². The van der Waals surface area contributed by atoms with Gasteiger partial charge in [-0.25, -0.2) is 9.97 Å². The van der Waals surface area contributed by atoms with Gasteiger partial charge in [-0.15, -0.1) is 11.8 Å². The summed E-state index contributed by atoms with van der Waals surface area (Å²) in [6.07, 6.45) is 4.61. The molecule has 0 saturated heterocycles. The average Bonchev–Trinajstić information content (AvgIpc) is 2.80. The van der Waals surface area contributed by atoms with Crippen molar-refractivity contribution in [2.24, 2.45) is 0 Å². The maximum Gasteiger partial charge on any atom is 0.0905 e. The highest BCUT2D eigenvalue weighted by Gasteiger charge is 2.11. The summed E-state index contributed by atoms with van der Waals surface area (Å²) in [5, 5.41) is 0. The lowest BCUT2D eigenvalue weighted by Gasteiger charge is -2.10. The molecule has 0 aromatic carbocycles. The summed E-state index contributed by atoms with van der Waals surface area (Å²) in [4.78, 5) is 19.9. The van der Waals surface area contributed by atoms with Gasteiger partial charge in [0.1, 0.15) is 0 Å². The van der Waals surface area contributed by atoms with E-state index in [9.17, 15) is 0 Å². The number of nitrogens with zero attached hydrogens (tertiary/aromatic N) is 4. The fourth-order valence-electron chi connectivity index (χ4n) is 3.09. The minimum atomic E-state index is 0.833. The number of aromatic nitrogens is 4. The van der Waals surface area contributed by atoms with Gasteiger partial charge in [-0.2, -0.15) is 0 Å². The molecule has 0 unspecified atom stereocenters. The van der Waals surface area contributed by atoms with Crippen LogP contribution >= 0.6 is 11.8 Å². The van der Waals surface area contributed by atoms with Gasteiger partial charge in [0.2, 0.25) is 0 Å². The highest BCUT2D eigenvalue weighted by atomic mass is 32.2. The van der Waals surface area contributed by atoms with E-state index in [4.69, 9.17) is 9.97 Å². The maximum absolute atomic E-state index is 4.91. The van der Waals surface area contributed by atoms with Crippen LogP contribution in [0.5, 0.6) is 0 Å². The zero-order valence-corrected chi connectivity index (χ0v) is 17.4. The van der Waals surface area contributed by atoms with Gasteiger partial charge in [-0.1, -0.05) is 26.0 Å². The quantitative estimate of drug-likeness (QED) is 0.376. The Bertz CT molecular complexity index is 1110. The van der Waals surface area contributed by atoms with Crippen molar-refractivity contribution in [3.05, 3.63) is 78.6 Å². The predicted molar refractivity (Wildman–Crippen MR) is 120 cm³/mol. The van der Waals surface area contributed by atoms with E-state index in [0.29, 0.717) is 0 Å². The summed E-state index contributed by atoms with van der Waals surface area (Å²) in [5.74, 6) is 0.993. The molecule has 4 rings (SSSR count). The van der Waals surface area contributed by atoms with Gasteiger partial charge in [0.05, 0.1) is 34.2 Å². The van der Waals surface area contributed by atoms with Crippen LogP contribution in [-0.2, 0) is 6.42 Å². The van der Waals surface area contributed by atoms with Crippen molar-refractivity contribution < 1.29 is 0 Å². The molecule has 4 aromatic heterocycles. The molecule has 0 radical (unpaired) electrons. The molecule has 4 aromatic rings. The molecule has 0 amide bonds. The summed E-state index contributed by atoms with van der Waals surface area (Å²) in [6.45, 7) is 4.30. The van der Waals surface area contributed by atoms with E-state index in [1.54, 1.807) is 18.0 Å². The van der Waals surface area contributed by atoms with Gasteiger partial charge in [-0.3, -0.25) is 9.97 Å². The predicted octanol–water partition coefficient (Wildman–Crippen LogP) is 5.94. The zero-order chi connectivity index (χ0) is 20.1. The summed E-state index contributed by atoms with van der Waals surface area (Å²) < 4.78 is 0. The topological polar surface area (TPSA) is 51.6 Å². The Morgan fingerprint density at radius 2 is 1.34 bits per heavy atom. The molecule has 29 heavy (non-hydrogen) atoms. The Kier molecular flexibility index (Phi) is 5.96. The third kappa shape index (κ3) is 4.51. The molecule has 0 fully saturated rings. The van der Waals surface area contributed by atoms with Gasteiger partial charge < -0.3 is 0 Å². The SMILES string of the molecule is CCSc1cc(-c2cc(CC)ccn2)nc(-c2cccc(-c3ccccn3)n2)c1. The second-order valence-corrected chi connectivity index (χ2v) is 7.87. The Morgan fingerprint density at radius 3 is 2.07 bits per heavy atom. The molecule has 0 atom stereocenters. The standard InChI is InChI=1S/C24H22N4S/c1-3-17-11-13-26-22(14-17)24-16-18(29-4-2)15-23(28-24)21-10-7-9-20(27-21)19-8-5-6-12-25-19/h5-16H,3-4H2,1-2H3. The molecular formula is C24H22N4S. The van der Waals surface area contributed by atoms with Crippen LogP contribution < -0.4 is 0 Å².